The minimum absolute atomic E-state index is 0.470. The van der Waals surface area contributed by atoms with E-state index >= 15 is 0 Å². The van der Waals surface area contributed by atoms with Gasteiger partial charge in [-0.05, 0) is 64.3 Å². The lowest BCUT2D eigenvalue weighted by Gasteiger charge is -1.91. The Bertz CT molecular complexity index is 383. The van der Waals surface area contributed by atoms with E-state index in [1.807, 2.05) is 6.92 Å². The molecule has 0 amide bonds. The van der Waals surface area contributed by atoms with E-state index < -0.39 is 21.4 Å². The van der Waals surface area contributed by atoms with Gasteiger partial charge < -0.3 is 4.18 Å². The molecule has 0 bridgehead atoms. The van der Waals surface area contributed by atoms with Crippen molar-refractivity contribution in [1.29, 1.82) is 0 Å². The van der Waals surface area contributed by atoms with Gasteiger partial charge >= 0.3 is 0 Å². The average molecular weight is 285 g/mol. The molecule has 0 rings (SSSR count). The van der Waals surface area contributed by atoms with Crippen molar-refractivity contribution in [2.24, 2.45) is 0 Å². The first kappa shape index (κ1) is 12.6. The van der Waals surface area contributed by atoms with E-state index in [0.29, 0.717) is 6.61 Å². The van der Waals surface area contributed by atoms with E-state index in [2.05, 4.69) is 0 Å². The number of hydrogen-bond donors (Lipinski definition) is 1. The lowest BCUT2D eigenvalue weighted by Crippen LogP contribution is -1.88. The van der Waals surface area contributed by atoms with Gasteiger partial charge in [0.2, 0.25) is 0 Å². The summed E-state index contributed by atoms with van der Waals surface area (Å²) in [7, 11) is -0.957. The third-order valence-corrected chi connectivity index (χ3v) is 17.4. The fourth-order valence-electron chi connectivity index (χ4n) is 0.259. The quantitative estimate of drug-likeness (QED) is 0.758. The summed E-state index contributed by atoms with van der Waals surface area (Å²) >= 11 is 19.8. The molecule has 1 atom stereocenters. The zero-order chi connectivity index (χ0) is 8.85. The lowest BCUT2D eigenvalue weighted by atomic mass is 10.5. The van der Waals surface area contributed by atoms with Crippen molar-refractivity contribution >= 4 is 66.2 Å². The van der Waals surface area contributed by atoms with Crippen LogP contribution in [0.1, 0.15) is 13.3 Å². The van der Waals surface area contributed by atoms with Gasteiger partial charge in [0, 0.05) is 8.29 Å². The van der Waals surface area contributed by atoms with E-state index in [0.717, 1.165) is 6.42 Å². The van der Waals surface area contributed by atoms with Crippen LogP contribution < -0.4 is 0 Å². The Morgan fingerprint density at radius 1 is 1.36 bits per heavy atom. The van der Waals surface area contributed by atoms with Crippen molar-refractivity contribution in [2.75, 3.05) is 6.61 Å². The molecule has 68 valence electrons. The van der Waals surface area contributed by atoms with Crippen molar-refractivity contribution in [3.8, 4) is 0 Å². The molecule has 1 nitrogen and oxygen atoms in total. The second kappa shape index (κ2) is 7.07. The Morgan fingerprint density at radius 3 is 2.27 bits per heavy atom. The van der Waals surface area contributed by atoms with Gasteiger partial charge in [-0.3, -0.25) is 0 Å². The third-order valence-electron chi connectivity index (χ3n) is 0.639. The van der Waals surface area contributed by atoms with Gasteiger partial charge in [0.25, 0.3) is 0 Å². The first-order valence-electron chi connectivity index (χ1n) is 2.71. The van der Waals surface area contributed by atoms with Crippen LogP contribution in [0.15, 0.2) is 0 Å². The minimum atomic E-state index is -0.957. The van der Waals surface area contributed by atoms with E-state index in [9.17, 15) is 0 Å². The van der Waals surface area contributed by atoms with Crippen LogP contribution in [-0.4, -0.2) is 6.61 Å². The van der Waals surface area contributed by atoms with E-state index in [-0.39, 0.29) is 0 Å². The summed E-state index contributed by atoms with van der Waals surface area (Å²) in [5, 5.41) is 0. The van der Waals surface area contributed by atoms with Gasteiger partial charge in [0.1, 0.15) is 0 Å². The van der Waals surface area contributed by atoms with Gasteiger partial charge in [0.05, 0.1) is 6.61 Å². The second-order valence-electron chi connectivity index (χ2n) is 1.48. The van der Waals surface area contributed by atoms with Crippen LogP contribution in [0.25, 0.3) is 0 Å². The van der Waals surface area contributed by atoms with Crippen LogP contribution in [0, 0.1) is 0 Å². The predicted octanol–water partition coefficient (Wildman–Crippen LogP) is 0.593. The molecule has 0 N–H and O–H groups in total. The van der Waals surface area contributed by atoms with E-state index in [4.69, 9.17) is 48.9 Å². The van der Waals surface area contributed by atoms with Crippen LogP contribution in [0.4, 0.5) is 0 Å². The fourth-order valence-corrected chi connectivity index (χ4v) is 10.2. The van der Waals surface area contributed by atoms with Crippen molar-refractivity contribution in [3.63, 3.8) is 0 Å². The molecule has 1 unspecified atom stereocenters. The van der Waals surface area contributed by atoms with Gasteiger partial charge in [-0.25, -0.2) is 0 Å². The maximum absolute atomic E-state index is 5.28. The molecule has 0 saturated carbocycles. The van der Waals surface area contributed by atoms with Crippen LogP contribution >= 0.6 is 0 Å². The Morgan fingerprint density at radius 2 is 1.91 bits per heavy atom. The van der Waals surface area contributed by atoms with E-state index in [1.165, 1.54) is 0 Å². The molecule has 8 heteroatoms. The molecule has 0 fully saturated rings. The minimum Gasteiger partial charge on any atom is -0.313 e. The maximum atomic E-state index is 5.28. The molecular formula is C3H8OS7. The van der Waals surface area contributed by atoms with Crippen LogP contribution in [0.5, 0.6) is 0 Å². The maximum Gasteiger partial charge on any atom is 0.0614 e. The molecule has 0 radical (unpaired) electrons. The Kier molecular flexibility index (Phi) is 8.12. The summed E-state index contributed by atoms with van der Waals surface area (Å²) in [5.74, 6) is 0. The highest BCUT2D eigenvalue weighted by molar-refractivity contribution is 8.84. The zero-order valence-corrected chi connectivity index (χ0v) is 11.5. The normalized spacial score (nSPS) is 12.5. The van der Waals surface area contributed by atoms with Gasteiger partial charge in [-0.15, -0.1) is 0 Å². The number of thiol groups is 1. The van der Waals surface area contributed by atoms with Crippen LogP contribution in [-0.2, 0) is 70.4 Å². The monoisotopic (exact) mass is 284 g/mol. The molecule has 0 aliphatic heterocycles. The highest BCUT2D eigenvalue weighted by Crippen LogP contribution is 1.81. The van der Waals surface area contributed by atoms with Gasteiger partial charge in [-0.2, -0.15) is 0 Å². The molecular weight excluding hydrogens is 277 g/mol. The summed E-state index contributed by atoms with van der Waals surface area (Å²) in [6, 6.07) is 0. The van der Waals surface area contributed by atoms with Crippen LogP contribution in [0.2, 0.25) is 0 Å². The third kappa shape index (κ3) is 5.81. The van der Waals surface area contributed by atoms with Crippen molar-refractivity contribution in [1.82, 2.24) is 0 Å². The Balaban J connectivity index is 4.91. The van der Waals surface area contributed by atoms with Crippen molar-refractivity contribution < 1.29 is 4.18 Å². The summed E-state index contributed by atoms with van der Waals surface area (Å²) < 4.78 is 5.28. The molecule has 0 aliphatic rings. The molecule has 0 aromatic carbocycles. The van der Waals surface area contributed by atoms with Crippen molar-refractivity contribution in [2.45, 2.75) is 13.3 Å². The average Bonchev–Trinajstić information content (AvgIpc) is 1.98. The molecule has 0 heterocycles. The lowest BCUT2D eigenvalue weighted by molar-refractivity contribution is 0.376. The molecule has 0 aromatic heterocycles. The second-order valence-corrected chi connectivity index (χ2v) is 15.8. The zero-order valence-electron chi connectivity index (χ0n) is 5.72. The Labute approximate surface area is 89.4 Å². The van der Waals surface area contributed by atoms with Gasteiger partial charge in [-0.1, -0.05) is 6.92 Å². The smallest absolute Gasteiger partial charge is 0.0614 e. The summed E-state index contributed by atoms with van der Waals surface area (Å²) in [6.45, 7) is 1.65. The molecule has 0 aromatic rings. The number of hydrogen-bond acceptors (Lipinski definition) is 5. The summed E-state index contributed by atoms with van der Waals surface area (Å²) in [6.07, 6.45) is 0.963. The number of rotatable bonds is 3. The largest absolute Gasteiger partial charge is 0.313 e. The topological polar surface area (TPSA) is 9.23 Å². The van der Waals surface area contributed by atoms with E-state index in [1.54, 1.807) is 0 Å². The molecule has 0 aliphatic carbocycles. The first-order chi connectivity index (χ1) is 5.09. The predicted molar refractivity (Wildman–Crippen MR) is 69.2 cm³/mol. The Hall–Kier alpha value is 1.63. The van der Waals surface area contributed by atoms with Gasteiger partial charge in [0.15, 0.2) is 0 Å². The fraction of sp³-hybridized carbons (Fsp3) is 1.00. The first-order valence-corrected chi connectivity index (χ1v) is 11.3. The summed E-state index contributed by atoms with van der Waals surface area (Å²) in [4.78, 5) is 0. The highest BCUT2D eigenvalue weighted by Gasteiger charge is 1.77. The molecule has 0 saturated heterocycles. The van der Waals surface area contributed by atoms with Crippen LogP contribution in [0.3, 0.4) is 0 Å². The summed E-state index contributed by atoms with van der Waals surface area (Å²) in [5.41, 5.74) is 0. The SMILES string of the molecule is CCCO[SH](=S)=S(=S)=S(=S)=S. The molecule has 0 spiro atoms. The standard InChI is InChI=1S/C3H8OS7/c1-2-3-4-9(5)11(8)10(6)7/h9H,2-3H2,1H3. The van der Waals surface area contributed by atoms with Crippen molar-refractivity contribution in [3.05, 3.63) is 0 Å². The molecule has 11 heavy (non-hydrogen) atoms. The highest BCUT2D eigenvalue weighted by atomic mass is 33.5.